The Balaban J connectivity index is 1.08. The van der Waals surface area contributed by atoms with E-state index in [4.69, 9.17) is 4.74 Å². The Hall–Kier alpha value is -5.99. The number of likely N-dealkylation sites (tertiary alicyclic amines) is 2. The number of fused-ring (bicyclic) bond motifs is 3. The highest BCUT2D eigenvalue weighted by molar-refractivity contribution is 6.22. The highest BCUT2D eigenvalue weighted by Gasteiger charge is 2.39. The third-order valence-corrected chi connectivity index (χ3v) is 10.9. The number of imidazole rings is 2. The van der Waals surface area contributed by atoms with Gasteiger partial charge in [-0.25, -0.2) is 19.6 Å². The lowest BCUT2D eigenvalue weighted by molar-refractivity contribution is -0.136. The molecule has 4 atom stereocenters. The second-order valence-corrected chi connectivity index (χ2v) is 15.1. The van der Waals surface area contributed by atoms with Crippen LogP contribution in [0.3, 0.4) is 0 Å². The minimum Gasteiger partial charge on any atom is -0.465 e. The molecule has 5 N–H and O–H groups in total. The van der Waals surface area contributed by atoms with Gasteiger partial charge >= 0.3 is 12.2 Å². The van der Waals surface area contributed by atoms with Gasteiger partial charge in [-0.3, -0.25) is 14.4 Å². The smallest absolute Gasteiger partial charge is 0.407 e. The van der Waals surface area contributed by atoms with E-state index in [9.17, 15) is 29.1 Å². The van der Waals surface area contributed by atoms with Gasteiger partial charge in [-0.15, -0.1) is 0 Å². The molecule has 15 heteroatoms. The molecule has 2 aromatic heterocycles. The van der Waals surface area contributed by atoms with Crippen LogP contribution in [0.15, 0.2) is 48.8 Å². The van der Waals surface area contributed by atoms with Crippen LogP contribution in [0.5, 0.6) is 0 Å². The maximum atomic E-state index is 13.9. The third kappa shape index (κ3) is 7.06. The lowest BCUT2D eigenvalue weighted by Crippen LogP contribution is -2.51. The molecule has 15 nitrogen and oxygen atoms in total. The van der Waals surface area contributed by atoms with E-state index in [1.807, 2.05) is 64.1 Å². The quantitative estimate of drug-likeness (QED) is 0.119. The van der Waals surface area contributed by atoms with Gasteiger partial charge in [-0.05, 0) is 60.8 Å². The van der Waals surface area contributed by atoms with Crippen LogP contribution in [0, 0.1) is 11.8 Å². The molecular formula is C40H46N8O7. The first kappa shape index (κ1) is 37.3. The Morgan fingerprint density at radius 2 is 1.20 bits per heavy atom. The van der Waals surface area contributed by atoms with Crippen LogP contribution in [-0.2, 0) is 14.3 Å². The number of hydrogen-bond donors (Lipinski definition) is 5. The lowest BCUT2D eigenvalue weighted by atomic mass is 10.0. The van der Waals surface area contributed by atoms with Crippen LogP contribution in [0.2, 0.25) is 0 Å². The topological polar surface area (TPSA) is 203 Å². The van der Waals surface area contributed by atoms with Crippen molar-refractivity contribution in [1.29, 1.82) is 0 Å². The van der Waals surface area contributed by atoms with Crippen molar-refractivity contribution in [3.8, 4) is 33.6 Å². The number of ether oxygens (including phenoxy) is 1. The zero-order valence-corrected chi connectivity index (χ0v) is 31.5. The van der Waals surface area contributed by atoms with Crippen molar-refractivity contribution < 1.29 is 33.8 Å². The second-order valence-electron chi connectivity index (χ2n) is 15.1. The van der Waals surface area contributed by atoms with Gasteiger partial charge in [0.15, 0.2) is 5.78 Å². The van der Waals surface area contributed by atoms with Gasteiger partial charge in [-0.2, -0.15) is 0 Å². The SMILES string of the molecule is COC(=O)N[C@H](C(=O)N1CCC[C@H]1c1ncc(-c2ccc3c(c2)C(=O)c2cc(-c4cnc([C@@H]5CCCN5C(=O)[C@@H](NC(=O)O)C(C)C)[nH]4)ccc2-3)[nH]1)C(C)C. The summed E-state index contributed by atoms with van der Waals surface area (Å²) < 4.78 is 4.75. The number of aromatic nitrogens is 4. The molecule has 0 bridgehead atoms. The van der Waals surface area contributed by atoms with Crippen molar-refractivity contribution in [2.45, 2.75) is 77.5 Å². The Labute approximate surface area is 318 Å². The lowest BCUT2D eigenvalue weighted by Gasteiger charge is -2.30. The highest BCUT2D eigenvalue weighted by atomic mass is 16.5. The van der Waals surface area contributed by atoms with E-state index in [-0.39, 0.29) is 41.5 Å². The van der Waals surface area contributed by atoms with Gasteiger partial charge < -0.3 is 40.2 Å². The molecule has 0 radical (unpaired) electrons. The number of benzene rings is 2. The van der Waals surface area contributed by atoms with Crippen molar-refractivity contribution in [2.75, 3.05) is 20.2 Å². The van der Waals surface area contributed by atoms with Gasteiger partial charge in [0.25, 0.3) is 0 Å². The van der Waals surface area contributed by atoms with Crippen molar-refractivity contribution in [2.24, 2.45) is 11.8 Å². The molecule has 0 unspecified atom stereocenters. The number of hydrogen-bond acceptors (Lipinski definition) is 8. The van der Waals surface area contributed by atoms with Gasteiger partial charge in [0, 0.05) is 35.3 Å². The fraction of sp³-hybridized carbons (Fsp3) is 0.425. The number of methoxy groups -OCH3 is 1. The van der Waals surface area contributed by atoms with Crippen molar-refractivity contribution in [3.05, 3.63) is 71.6 Å². The summed E-state index contributed by atoms with van der Waals surface area (Å²) in [5.74, 6) is 0.326. The summed E-state index contributed by atoms with van der Waals surface area (Å²) in [5, 5.41) is 14.3. The van der Waals surface area contributed by atoms with Crippen molar-refractivity contribution >= 4 is 29.8 Å². The van der Waals surface area contributed by atoms with Crippen LogP contribution < -0.4 is 10.6 Å². The fourth-order valence-corrected chi connectivity index (χ4v) is 8.05. The predicted molar refractivity (Wildman–Crippen MR) is 202 cm³/mol. The molecule has 7 rings (SSSR count). The molecule has 0 saturated carbocycles. The van der Waals surface area contributed by atoms with E-state index < -0.39 is 24.3 Å². The van der Waals surface area contributed by atoms with E-state index in [0.29, 0.717) is 48.0 Å². The first-order valence-corrected chi connectivity index (χ1v) is 18.7. The van der Waals surface area contributed by atoms with E-state index in [0.717, 1.165) is 47.2 Å². The predicted octanol–water partition coefficient (Wildman–Crippen LogP) is 5.68. The molecule has 2 fully saturated rings. The number of alkyl carbamates (subject to hydrolysis) is 1. The normalized spacial score (nSPS) is 18.7. The summed E-state index contributed by atoms with van der Waals surface area (Å²) in [6, 6.07) is 9.29. The van der Waals surface area contributed by atoms with Gasteiger partial charge in [0.2, 0.25) is 11.8 Å². The summed E-state index contributed by atoms with van der Waals surface area (Å²) in [7, 11) is 1.27. The molecule has 3 aliphatic rings. The summed E-state index contributed by atoms with van der Waals surface area (Å²) >= 11 is 0. The van der Waals surface area contributed by atoms with Gasteiger partial charge in [-0.1, -0.05) is 52.0 Å². The highest BCUT2D eigenvalue weighted by Crippen LogP contribution is 2.41. The number of ketones is 1. The molecule has 4 heterocycles. The van der Waals surface area contributed by atoms with Crippen LogP contribution >= 0.6 is 0 Å². The molecular weight excluding hydrogens is 704 g/mol. The minimum absolute atomic E-state index is 0.100. The van der Waals surface area contributed by atoms with E-state index >= 15 is 0 Å². The molecule has 4 aromatic rings. The number of carbonyl (C=O) groups is 5. The van der Waals surface area contributed by atoms with Crippen LogP contribution in [0.25, 0.3) is 33.6 Å². The maximum Gasteiger partial charge on any atom is 0.407 e. The number of carboxylic acid groups (broad SMARTS) is 1. The molecule has 1 aliphatic carbocycles. The zero-order valence-electron chi connectivity index (χ0n) is 31.5. The van der Waals surface area contributed by atoms with Crippen LogP contribution in [-0.4, -0.2) is 96.9 Å². The maximum absolute atomic E-state index is 13.9. The number of carbonyl (C=O) groups excluding carboxylic acids is 4. The first-order chi connectivity index (χ1) is 26.4. The monoisotopic (exact) mass is 750 g/mol. The number of nitrogens with zero attached hydrogens (tertiary/aromatic N) is 4. The van der Waals surface area contributed by atoms with E-state index in [2.05, 4.69) is 30.6 Å². The number of rotatable bonds is 10. The number of aromatic amines is 2. The largest absolute Gasteiger partial charge is 0.465 e. The molecule has 55 heavy (non-hydrogen) atoms. The second kappa shape index (κ2) is 15.0. The molecule has 2 aromatic carbocycles. The first-order valence-electron chi connectivity index (χ1n) is 18.7. The Kier molecular flexibility index (Phi) is 10.2. The van der Waals surface area contributed by atoms with Gasteiger partial charge in [0.05, 0.1) is 43.0 Å². The van der Waals surface area contributed by atoms with Crippen molar-refractivity contribution in [3.63, 3.8) is 0 Å². The fourth-order valence-electron chi connectivity index (χ4n) is 8.05. The third-order valence-electron chi connectivity index (χ3n) is 10.9. The zero-order chi connectivity index (χ0) is 39.1. The standard InChI is InChI=1S/C40H46N8O7/c1-20(2)32(45-39(52)53)37(50)47-14-6-8-30(47)35-41-18-28(43-35)22-10-12-24-25-13-11-23(17-27(25)34(49)26(24)16-22)29-19-42-36(44-29)31-9-7-15-48(31)38(51)33(21(3)4)46-40(54)55-5/h10-13,16-21,30-33,45H,6-9,14-15H2,1-5H3,(H,41,43)(H,42,44)(H,46,54)(H,52,53)/t30-,31-,32-,33-/m0/s1. The summed E-state index contributed by atoms with van der Waals surface area (Å²) in [6.45, 7) is 8.42. The Morgan fingerprint density at radius 3 is 1.62 bits per heavy atom. The van der Waals surface area contributed by atoms with Crippen molar-refractivity contribution in [1.82, 2.24) is 40.4 Å². The summed E-state index contributed by atoms with van der Waals surface area (Å²) in [6.07, 6.45) is 4.51. The molecule has 0 spiro atoms. The van der Waals surface area contributed by atoms with Crippen LogP contribution in [0.1, 0.15) is 93.0 Å². The minimum atomic E-state index is -1.24. The van der Waals surface area contributed by atoms with E-state index in [1.165, 1.54) is 7.11 Å². The van der Waals surface area contributed by atoms with Crippen LogP contribution in [0.4, 0.5) is 9.59 Å². The summed E-state index contributed by atoms with van der Waals surface area (Å²) in [5.41, 5.74) is 5.80. The number of H-pyrrole nitrogens is 2. The average molecular weight is 751 g/mol. The van der Waals surface area contributed by atoms with E-state index in [1.54, 1.807) is 22.2 Å². The average Bonchev–Trinajstić information content (AvgIpc) is 4.02. The summed E-state index contributed by atoms with van der Waals surface area (Å²) in [4.78, 5) is 83.8. The molecule has 288 valence electrons. The van der Waals surface area contributed by atoms with Gasteiger partial charge in [0.1, 0.15) is 23.7 Å². The number of nitrogens with one attached hydrogen (secondary N) is 4. The Bertz CT molecular complexity index is 2160. The molecule has 2 aliphatic heterocycles. The number of amides is 4. The Morgan fingerprint density at radius 1 is 0.745 bits per heavy atom. The molecule has 4 amide bonds. The molecule has 2 saturated heterocycles.